The van der Waals surface area contributed by atoms with Gasteiger partial charge in [0.1, 0.15) is 5.82 Å². The Morgan fingerprint density at radius 3 is 2.58 bits per heavy atom. The molecule has 134 valence electrons. The van der Waals surface area contributed by atoms with Crippen LogP contribution in [0, 0.1) is 11.3 Å². The maximum absolute atomic E-state index is 12.0. The summed E-state index contributed by atoms with van der Waals surface area (Å²) in [5, 5.41) is 11.6. The Bertz CT molecular complexity index is 748. The molecule has 1 aromatic carbocycles. The smallest absolute Gasteiger partial charge is 0.224 e. The van der Waals surface area contributed by atoms with Gasteiger partial charge in [-0.15, -0.1) is 0 Å². The molecule has 26 heavy (non-hydrogen) atoms. The normalized spacial score (nSPS) is 14.7. The average Bonchev–Trinajstić information content (AvgIpc) is 2.70. The highest BCUT2D eigenvalue weighted by Crippen LogP contribution is 2.12. The Morgan fingerprint density at radius 1 is 1.15 bits per heavy atom. The maximum atomic E-state index is 12.0. The highest BCUT2D eigenvalue weighted by Gasteiger charge is 2.17. The first kappa shape index (κ1) is 17.8. The molecule has 0 bridgehead atoms. The molecule has 0 spiro atoms. The highest BCUT2D eigenvalue weighted by molar-refractivity contribution is 5.90. The number of carbonyl (C=O) groups is 1. The zero-order valence-corrected chi connectivity index (χ0v) is 14.6. The predicted molar refractivity (Wildman–Crippen MR) is 99.7 cm³/mol. The lowest BCUT2D eigenvalue weighted by molar-refractivity contribution is -0.116. The molecule has 1 aliphatic heterocycles. The van der Waals surface area contributed by atoms with Crippen LogP contribution in [0.1, 0.15) is 18.4 Å². The minimum atomic E-state index is 0.00732. The average molecular weight is 350 g/mol. The van der Waals surface area contributed by atoms with Crippen LogP contribution in [0.2, 0.25) is 0 Å². The van der Waals surface area contributed by atoms with E-state index < -0.39 is 0 Å². The molecule has 1 aromatic heterocycles. The van der Waals surface area contributed by atoms with Crippen LogP contribution in [-0.4, -0.2) is 53.5 Å². The Morgan fingerprint density at radius 2 is 1.92 bits per heavy atom. The topological polar surface area (TPSA) is 85.2 Å². The van der Waals surface area contributed by atoms with Crippen molar-refractivity contribution >= 4 is 17.4 Å². The van der Waals surface area contributed by atoms with E-state index in [1.807, 2.05) is 0 Å². The van der Waals surface area contributed by atoms with Crippen molar-refractivity contribution in [2.45, 2.75) is 12.8 Å². The molecule has 0 atom stereocenters. The van der Waals surface area contributed by atoms with Crippen LogP contribution in [-0.2, 0) is 4.79 Å². The molecule has 1 aliphatic rings. The largest absolute Gasteiger partial charge is 0.353 e. The zero-order chi connectivity index (χ0) is 18.2. The lowest BCUT2D eigenvalue weighted by Gasteiger charge is -2.35. The molecule has 0 radical (unpaired) electrons. The first-order valence-electron chi connectivity index (χ1n) is 8.78. The summed E-state index contributed by atoms with van der Waals surface area (Å²) in [5.41, 5.74) is 1.32. The molecule has 3 rings (SSSR count). The lowest BCUT2D eigenvalue weighted by atomic mass is 10.2. The van der Waals surface area contributed by atoms with E-state index in [1.165, 1.54) is 0 Å². The van der Waals surface area contributed by atoms with Crippen LogP contribution in [0.25, 0.3) is 0 Å². The third-order valence-electron chi connectivity index (χ3n) is 4.42. The van der Waals surface area contributed by atoms with E-state index in [9.17, 15) is 4.79 Å². The van der Waals surface area contributed by atoms with E-state index in [0.29, 0.717) is 12.0 Å². The summed E-state index contributed by atoms with van der Waals surface area (Å²) in [5.74, 6) is 0.932. The number of nitrogens with one attached hydrogen (secondary N) is 1. The van der Waals surface area contributed by atoms with Gasteiger partial charge in [-0.05, 0) is 37.2 Å². The third-order valence-corrected chi connectivity index (χ3v) is 4.42. The first-order valence-corrected chi connectivity index (χ1v) is 8.78. The Kier molecular flexibility index (Phi) is 6.12. The number of hydrogen-bond donors (Lipinski definition) is 1. The summed E-state index contributed by atoms with van der Waals surface area (Å²) in [6, 6.07) is 8.97. The summed E-state index contributed by atoms with van der Waals surface area (Å²) in [6.45, 7) is 4.70. The molecule has 0 aliphatic carbocycles. The quantitative estimate of drug-likeness (QED) is 0.856. The van der Waals surface area contributed by atoms with Crippen LogP contribution in [0.3, 0.4) is 0 Å². The number of aromatic nitrogens is 2. The number of piperazine rings is 1. The van der Waals surface area contributed by atoms with Crippen LogP contribution >= 0.6 is 0 Å². The molecule has 1 N–H and O–H groups in total. The van der Waals surface area contributed by atoms with Gasteiger partial charge in [-0.2, -0.15) is 5.26 Å². The number of benzene rings is 1. The van der Waals surface area contributed by atoms with Gasteiger partial charge in [-0.1, -0.05) is 0 Å². The van der Waals surface area contributed by atoms with Crippen LogP contribution in [0.4, 0.5) is 11.5 Å². The van der Waals surface area contributed by atoms with Gasteiger partial charge in [-0.25, -0.2) is 4.98 Å². The summed E-state index contributed by atoms with van der Waals surface area (Å²) in [4.78, 5) is 25.1. The summed E-state index contributed by atoms with van der Waals surface area (Å²) in [7, 11) is 0. The maximum Gasteiger partial charge on any atom is 0.224 e. The monoisotopic (exact) mass is 350 g/mol. The van der Waals surface area contributed by atoms with E-state index in [1.54, 1.807) is 42.9 Å². The molecule has 7 heteroatoms. The number of anilines is 2. The number of carbonyl (C=O) groups excluding carboxylic acids is 1. The number of hydrogen-bond acceptors (Lipinski definition) is 6. The van der Waals surface area contributed by atoms with Gasteiger partial charge in [0.25, 0.3) is 0 Å². The van der Waals surface area contributed by atoms with E-state index in [2.05, 4.69) is 31.2 Å². The Balaban J connectivity index is 1.35. The van der Waals surface area contributed by atoms with E-state index in [0.717, 1.165) is 50.6 Å². The minimum Gasteiger partial charge on any atom is -0.353 e. The molecular formula is C19H22N6O. The van der Waals surface area contributed by atoms with Crippen molar-refractivity contribution in [2.24, 2.45) is 0 Å². The van der Waals surface area contributed by atoms with Gasteiger partial charge in [0.15, 0.2) is 0 Å². The van der Waals surface area contributed by atoms with Crippen LogP contribution in [0.5, 0.6) is 0 Å². The number of rotatable bonds is 6. The first-order chi connectivity index (χ1) is 12.7. The van der Waals surface area contributed by atoms with Crippen molar-refractivity contribution in [1.82, 2.24) is 14.9 Å². The van der Waals surface area contributed by atoms with E-state index in [-0.39, 0.29) is 5.91 Å². The highest BCUT2D eigenvalue weighted by atomic mass is 16.1. The van der Waals surface area contributed by atoms with Gasteiger partial charge in [0.05, 0.1) is 17.8 Å². The van der Waals surface area contributed by atoms with Gasteiger partial charge in [0, 0.05) is 50.7 Å². The standard InChI is InChI=1S/C19H22N6O/c20-14-16-3-5-17(6-4-16)23-19(26)2-1-9-24-10-12-25(13-11-24)18-15-21-7-8-22-18/h3-8,15H,1-2,9-13H2,(H,23,26). The fourth-order valence-corrected chi connectivity index (χ4v) is 2.97. The molecule has 1 saturated heterocycles. The van der Waals surface area contributed by atoms with Crippen molar-refractivity contribution in [3.8, 4) is 6.07 Å². The van der Waals surface area contributed by atoms with Gasteiger partial charge in [-0.3, -0.25) is 14.7 Å². The molecule has 0 saturated carbocycles. The van der Waals surface area contributed by atoms with Gasteiger partial charge < -0.3 is 10.2 Å². The molecular weight excluding hydrogens is 328 g/mol. The molecule has 1 amide bonds. The second-order valence-electron chi connectivity index (χ2n) is 6.23. The number of amides is 1. The van der Waals surface area contributed by atoms with E-state index in [4.69, 9.17) is 5.26 Å². The minimum absolute atomic E-state index is 0.00732. The van der Waals surface area contributed by atoms with Gasteiger partial charge in [0.2, 0.25) is 5.91 Å². The van der Waals surface area contributed by atoms with Crippen molar-refractivity contribution in [1.29, 1.82) is 5.26 Å². The number of nitriles is 1. The molecule has 0 unspecified atom stereocenters. The fourth-order valence-electron chi connectivity index (χ4n) is 2.97. The van der Waals surface area contributed by atoms with Crippen molar-refractivity contribution in [2.75, 3.05) is 42.9 Å². The third kappa shape index (κ3) is 5.01. The summed E-state index contributed by atoms with van der Waals surface area (Å²) < 4.78 is 0. The van der Waals surface area contributed by atoms with Crippen molar-refractivity contribution in [3.05, 3.63) is 48.4 Å². The Hall–Kier alpha value is -2.98. The Labute approximate surface area is 153 Å². The fraction of sp³-hybridized carbons (Fsp3) is 0.368. The second kappa shape index (κ2) is 8.92. The van der Waals surface area contributed by atoms with Gasteiger partial charge >= 0.3 is 0 Å². The SMILES string of the molecule is N#Cc1ccc(NC(=O)CCCN2CCN(c3cnccn3)CC2)cc1. The van der Waals surface area contributed by atoms with Crippen molar-refractivity contribution in [3.63, 3.8) is 0 Å². The zero-order valence-electron chi connectivity index (χ0n) is 14.6. The van der Waals surface area contributed by atoms with Crippen molar-refractivity contribution < 1.29 is 4.79 Å². The number of nitrogens with zero attached hydrogens (tertiary/aromatic N) is 5. The molecule has 1 fully saturated rings. The summed E-state index contributed by atoms with van der Waals surface area (Å²) in [6.07, 6.45) is 6.51. The molecule has 2 aromatic rings. The molecule has 7 nitrogen and oxygen atoms in total. The summed E-state index contributed by atoms with van der Waals surface area (Å²) >= 11 is 0. The predicted octanol–water partition coefficient (Wildman–Crippen LogP) is 1.89. The van der Waals surface area contributed by atoms with Crippen LogP contribution in [0.15, 0.2) is 42.9 Å². The second-order valence-corrected chi connectivity index (χ2v) is 6.23. The lowest BCUT2D eigenvalue weighted by Crippen LogP contribution is -2.47. The molecule has 2 heterocycles. The van der Waals surface area contributed by atoms with E-state index >= 15 is 0 Å². The van der Waals surface area contributed by atoms with Crippen LogP contribution < -0.4 is 10.2 Å².